The summed E-state index contributed by atoms with van der Waals surface area (Å²) < 4.78 is 26.1. The molecule has 18 heavy (non-hydrogen) atoms. The van der Waals surface area contributed by atoms with Gasteiger partial charge in [0.1, 0.15) is 0 Å². The zero-order valence-electron chi connectivity index (χ0n) is 11.4. The second kappa shape index (κ2) is 6.35. The molecule has 1 heterocycles. The Morgan fingerprint density at radius 1 is 1.17 bits per heavy atom. The molecule has 1 saturated heterocycles. The van der Waals surface area contributed by atoms with Crippen LogP contribution in [0.3, 0.4) is 0 Å². The highest BCUT2D eigenvalue weighted by atomic mass is 32.2. The first kappa shape index (κ1) is 14.3. The van der Waals surface area contributed by atoms with Crippen LogP contribution in [0, 0.1) is 5.92 Å². The van der Waals surface area contributed by atoms with Gasteiger partial charge in [0.25, 0.3) is 0 Å². The molecule has 0 aromatic rings. The molecule has 106 valence electrons. The molecule has 1 aliphatic heterocycles. The van der Waals surface area contributed by atoms with Crippen LogP contribution in [0.4, 0.5) is 0 Å². The van der Waals surface area contributed by atoms with Crippen LogP contribution in [0.1, 0.15) is 45.4 Å². The van der Waals surface area contributed by atoms with Crippen LogP contribution < -0.4 is 5.32 Å². The molecule has 1 unspecified atom stereocenters. The normalized spacial score (nSPS) is 27.1. The molecule has 2 fully saturated rings. The highest BCUT2D eigenvalue weighted by Gasteiger charge is 2.25. The van der Waals surface area contributed by atoms with Crippen LogP contribution in [-0.4, -0.2) is 44.2 Å². The number of nitrogens with one attached hydrogen (secondary N) is 1. The third-order valence-electron chi connectivity index (χ3n) is 3.96. The zero-order valence-corrected chi connectivity index (χ0v) is 12.2. The summed E-state index contributed by atoms with van der Waals surface area (Å²) in [6.45, 7) is 4.51. The molecule has 1 atom stereocenters. The predicted molar refractivity (Wildman–Crippen MR) is 74.0 cm³/mol. The van der Waals surface area contributed by atoms with E-state index in [1.807, 2.05) is 0 Å². The van der Waals surface area contributed by atoms with Crippen LogP contribution in [-0.2, 0) is 10.0 Å². The molecule has 2 rings (SSSR count). The molecule has 0 spiro atoms. The summed E-state index contributed by atoms with van der Waals surface area (Å²) in [6, 6.07) is 0.673. The number of nitrogens with zero attached hydrogens (tertiary/aromatic N) is 1. The highest BCUT2D eigenvalue weighted by molar-refractivity contribution is 7.89. The van der Waals surface area contributed by atoms with Gasteiger partial charge in [0, 0.05) is 19.1 Å². The van der Waals surface area contributed by atoms with Crippen molar-refractivity contribution in [3.05, 3.63) is 0 Å². The number of sulfonamides is 1. The lowest BCUT2D eigenvalue weighted by molar-refractivity contribution is 0.415. The maximum atomic E-state index is 12.2. The van der Waals surface area contributed by atoms with Gasteiger partial charge >= 0.3 is 0 Å². The van der Waals surface area contributed by atoms with Crippen molar-refractivity contribution in [3.63, 3.8) is 0 Å². The summed E-state index contributed by atoms with van der Waals surface area (Å²) in [6.07, 6.45) is 6.45. The van der Waals surface area contributed by atoms with Gasteiger partial charge in [-0.25, -0.2) is 12.7 Å². The molecular weight excluding hydrogens is 248 g/mol. The van der Waals surface area contributed by atoms with E-state index in [1.165, 1.54) is 12.8 Å². The van der Waals surface area contributed by atoms with Gasteiger partial charge < -0.3 is 5.32 Å². The van der Waals surface area contributed by atoms with E-state index < -0.39 is 10.0 Å². The Morgan fingerprint density at radius 3 is 2.67 bits per heavy atom. The van der Waals surface area contributed by atoms with E-state index in [-0.39, 0.29) is 0 Å². The Hall–Kier alpha value is -0.130. The largest absolute Gasteiger partial charge is 0.314 e. The van der Waals surface area contributed by atoms with Gasteiger partial charge in [-0.2, -0.15) is 0 Å². The van der Waals surface area contributed by atoms with Crippen molar-refractivity contribution >= 4 is 10.0 Å². The SMILES string of the molecule is CC1CCCN(S(=O)(=O)CCCNC2CC2)CC1. The van der Waals surface area contributed by atoms with Crippen LogP contribution in [0.15, 0.2) is 0 Å². The number of hydrogen-bond acceptors (Lipinski definition) is 3. The Balaban J connectivity index is 1.73. The molecule has 4 nitrogen and oxygen atoms in total. The fourth-order valence-corrected chi connectivity index (χ4v) is 4.05. The van der Waals surface area contributed by atoms with Gasteiger partial charge in [0.2, 0.25) is 10.0 Å². The predicted octanol–water partition coefficient (Wildman–Crippen LogP) is 1.58. The molecule has 5 heteroatoms. The molecule has 0 bridgehead atoms. The second-order valence-electron chi connectivity index (χ2n) is 5.83. The standard InChI is InChI=1S/C13H26N2O2S/c1-12-4-2-9-15(10-7-12)18(16,17)11-3-8-14-13-5-6-13/h12-14H,2-11H2,1H3. The lowest BCUT2D eigenvalue weighted by Crippen LogP contribution is -2.35. The van der Waals surface area contributed by atoms with Crippen LogP contribution in [0.5, 0.6) is 0 Å². The molecule has 1 saturated carbocycles. The van der Waals surface area contributed by atoms with Crippen LogP contribution in [0.2, 0.25) is 0 Å². The minimum Gasteiger partial charge on any atom is -0.314 e. The number of rotatable bonds is 6. The van der Waals surface area contributed by atoms with Gasteiger partial charge in [0.15, 0.2) is 0 Å². The van der Waals surface area contributed by atoms with Crippen LogP contribution in [0.25, 0.3) is 0 Å². The summed E-state index contributed by atoms with van der Waals surface area (Å²) in [5.74, 6) is 0.975. The van der Waals surface area contributed by atoms with Gasteiger partial charge in [-0.1, -0.05) is 6.92 Å². The van der Waals surface area contributed by atoms with Gasteiger partial charge in [-0.3, -0.25) is 0 Å². The molecule has 1 N–H and O–H groups in total. The third-order valence-corrected chi connectivity index (χ3v) is 5.92. The van der Waals surface area contributed by atoms with E-state index in [9.17, 15) is 8.42 Å². The number of hydrogen-bond donors (Lipinski definition) is 1. The van der Waals surface area contributed by atoms with Crippen molar-refractivity contribution in [1.82, 2.24) is 9.62 Å². The molecule has 1 aliphatic carbocycles. The first-order valence-electron chi connectivity index (χ1n) is 7.29. The molecule has 2 aliphatic rings. The van der Waals surface area contributed by atoms with E-state index in [1.54, 1.807) is 4.31 Å². The van der Waals surface area contributed by atoms with E-state index >= 15 is 0 Å². The average molecular weight is 274 g/mol. The minimum absolute atomic E-state index is 0.307. The van der Waals surface area contributed by atoms with Crippen molar-refractivity contribution < 1.29 is 8.42 Å². The monoisotopic (exact) mass is 274 g/mol. The smallest absolute Gasteiger partial charge is 0.214 e. The third kappa shape index (κ3) is 4.52. The first-order chi connectivity index (χ1) is 8.58. The highest BCUT2D eigenvalue weighted by Crippen LogP contribution is 2.20. The Labute approximate surface area is 111 Å². The van der Waals surface area contributed by atoms with Crippen molar-refractivity contribution in [2.45, 2.75) is 51.5 Å². The van der Waals surface area contributed by atoms with Crippen molar-refractivity contribution in [1.29, 1.82) is 0 Å². The van der Waals surface area contributed by atoms with E-state index in [0.717, 1.165) is 45.3 Å². The maximum absolute atomic E-state index is 12.2. The van der Waals surface area contributed by atoms with E-state index in [0.29, 0.717) is 17.7 Å². The van der Waals surface area contributed by atoms with Gasteiger partial charge in [-0.15, -0.1) is 0 Å². The first-order valence-corrected chi connectivity index (χ1v) is 8.90. The second-order valence-corrected chi connectivity index (χ2v) is 7.92. The van der Waals surface area contributed by atoms with Gasteiger partial charge in [-0.05, 0) is 51.0 Å². The summed E-state index contributed by atoms with van der Waals surface area (Å²) in [4.78, 5) is 0. The molecule has 0 amide bonds. The van der Waals surface area contributed by atoms with Crippen molar-refractivity contribution in [3.8, 4) is 0 Å². The van der Waals surface area contributed by atoms with E-state index in [4.69, 9.17) is 0 Å². The van der Waals surface area contributed by atoms with Crippen molar-refractivity contribution in [2.24, 2.45) is 5.92 Å². The Bertz CT molecular complexity index is 352. The van der Waals surface area contributed by atoms with Crippen molar-refractivity contribution in [2.75, 3.05) is 25.4 Å². The van der Waals surface area contributed by atoms with Gasteiger partial charge in [0.05, 0.1) is 5.75 Å². The molecular formula is C13H26N2O2S. The topological polar surface area (TPSA) is 49.4 Å². The summed E-state index contributed by atoms with van der Waals surface area (Å²) >= 11 is 0. The molecule has 0 aromatic carbocycles. The average Bonchev–Trinajstić information content (AvgIpc) is 3.12. The van der Waals surface area contributed by atoms with E-state index in [2.05, 4.69) is 12.2 Å². The lowest BCUT2D eigenvalue weighted by Gasteiger charge is -2.20. The summed E-state index contributed by atoms with van der Waals surface area (Å²) in [5, 5.41) is 3.37. The Morgan fingerprint density at radius 2 is 1.94 bits per heavy atom. The molecule has 0 aromatic heterocycles. The quantitative estimate of drug-likeness (QED) is 0.748. The fraction of sp³-hybridized carbons (Fsp3) is 1.00. The lowest BCUT2D eigenvalue weighted by atomic mass is 10.0. The molecule has 0 radical (unpaired) electrons. The fourth-order valence-electron chi connectivity index (χ4n) is 2.49. The zero-order chi connectivity index (χ0) is 13.0. The maximum Gasteiger partial charge on any atom is 0.214 e. The summed E-state index contributed by atoms with van der Waals surface area (Å²) in [7, 11) is -3.01. The minimum atomic E-state index is -3.01. The summed E-state index contributed by atoms with van der Waals surface area (Å²) in [5.41, 5.74) is 0. The van der Waals surface area contributed by atoms with Crippen LogP contribution >= 0.6 is 0 Å². The Kier molecular flexibility index (Phi) is 5.04.